The summed E-state index contributed by atoms with van der Waals surface area (Å²) >= 11 is 5.78. The third kappa shape index (κ3) is 4.84. The normalized spacial score (nSPS) is 14.6. The lowest BCUT2D eigenvalue weighted by atomic mass is 10.2. The van der Waals surface area contributed by atoms with Crippen LogP contribution in [0.5, 0.6) is 0 Å². The van der Waals surface area contributed by atoms with Crippen molar-refractivity contribution >= 4 is 27.4 Å². The maximum atomic E-state index is 12.7. The molecule has 0 saturated heterocycles. The molecule has 0 aliphatic heterocycles. The van der Waals surface area contributed by atoms with Gasteiger partial charge in [0.1, 0.15) is 5.60 Å². The largest absolute Gasteiger partial charge is 0.442 e. The van der Waals surface area contributed by atoms with Gasteiger partial charge in [0, 0.05) is 15.7 Å². The Morgan fingerprint density at radius 2 is 1.84 bits per heavy atom. The van der Waals surface area contributed by atoms with Crippen molar-refractivity contribution in [1.82, 2.24) is 0 Å². The van der Waals surface area contributed by atoms with Crippen LogP contribution in [0.2, 0.25) is 5.02 Å². The van der Waals surface area contributed by atoms with Crippen LogP contribution in [0, 0.1) is 0 Å². The lowest BCUT2D eigenvalue weighted by Gasteiger charge is -2.18. The zero-order valence-corrected chi connectivity index (χ0v) is 13.0. The molecule has 4 nitrogen and oxygen atoms in total. The predicted octanol–water partition coefficient (Wildman–Crippen LogP) is 4.12. The number of carbonyl (C=O) groups excluding carboxylic acids is 1. The van der Waals surface area contributed by atoms with E-state index in [0.717, 1.165) is 0 Å². The molecule has 0 aromatic heterocycles. The fraction of sp³-hybridized carbons (Fsp3) is 0.462. The molecule has 0 spiro atoms. The van der Waals surface area contributed by atoms with Crippen molar-refractivity contribution in [3.05, 3.63) is 29.3 Å². The van der Waals surface area contributed by atoms with E-state index >= 15 is 0 Å². The Hall–Kier alpha value is -1.07. The zero-order chi connectivity index (χ0) is 14.7. The summed E-state index contributed by atoms with van der Waals surface area (Å²) in [5.41, 5.74) is -0.658. The highest BCUT2D eigenvalue weighted by molar-refractivity contribution is 7.93. The van der Waals surface area contributed by atoms with E-state index in [4.69, 9.17) is 16.3 Å². The number of nitrogens with zero attached hydrogens (tertiary/aromatic N) is 1. The molecule has 1 aromatic carbocycles. The van der Waals surface area contributed by atoms with Gasteiger partial charge in [0.2, 0.25) is 0 Å². The van der Waals surface area contributed by atoms with Crippen LogP contribution in [0.3, 0.4) is 0 Å². The SMILES string of the molecule is CCS(=O)(=NC(=O)OC(C)(C)C)c1ccc(Cl)cc1. The van der Waals surface area contributed by atoms with E-state index in [1.165, 1.54) is 0 Å². The zero-order valence-electron chi connectivity index (χ0n) is 11.5. The Kier molecular flexibility index (Phi) is 4.98. The van der Waals surface area contributed by atoms with Crippen LogP contribution < -0.4 is 0 Å². The van der Waals surface area contributed by atoms with Crippen LogP contribution in [0.25, 0.3) is 0 Å². The van der Waals surface area contributed by atoms with Crippen LogP contribution in [-0.4, -0.2) is 21.7 Å². The van der Waals surface area contributed by atoms with E-state index in [-0.39, 0.29) is 5.75 Å². The number of ether oxygens (including phenoxy) is 1. The second-order valence-corrected chi connectivity index (χ2v) is 7.90. The molecule has 0 radical (unpaired) electrons. The Bertz CT molecular complexity index is 567. The third-order valence-corrected chi connectivity index (χ3v) is 4.68. The minimum Gasteiger partial charge on any atom is -0.442 e. The second kappa shape index (κ2) is 5.92. The highest BCUT2D eigenvalue weighted by Crippen LogP contribution is 2.19. The molecule has 0 saturated carbocycles. The topological polar surface area (TPSA) is 55.7 Å². The van der Waals surface area contributed by atoms with Crippen LogP contribution >= 0.6 is 11.6 Å². The average Bonchev–Trinajstić information content (AvgIpc) is 2.26. The molecule has 1 aromatic rings. The summed E-state index contributed by atoms with van der Waals surface area (Å²) in [6, 6.07) is 6.47. The number of rotatable bonds is 2. The second-order valence-electron chi connectivity index (χ2n) is 4.95. The van der Waals surface area contributed by atoms with E-state index < -0.39 is 21.4 Å². The number of amides is 1. The molecule has 0 aliphatic carbocycles. The number of halogens is 1. The first-order valence-corrected chi connectivity index (χ1v) is 7.96. The van der Waals surface area contributed by atoms with Gasteiger partial charge in [0.15, 0.2) is 0 Å². The first-order valence-electron chi connectivity index (χ1n) is 5.90. The van der Waals surface area contributed by atoms with E-state index in [2.05, 4.69) is 4.36 Å². The van der Waals surface area contributed by atoms with Gasteiger partial charge in [-0.3, -0.25) is 0 Å². The van der Waals surface area contributed by atoms with Gasteiger partial charge >= 0.3 is 6.09 Å². The van der Waals surface area contributed by atoms with Crippen LogP contribution in [0.1, 0.15) is 27.7 Å². The maximum absolute atomic E-state index is 12.7. The molecule has 1 amide bonds. The molecule has 0 bridgehead atoms. The van der Waals surface area contributed by atoms with Gasteiger partial charge in [-0.15, -0.1) is 4.36 Å². The molecule has 1 unspecified atom stereocenters. The van der Waals surface area contributed by atoms with Gasteiger partial charge in [-0.05, 0) is 45.0 Å². The molecule has 0 heterocycles. The average molecular weight is 304 g/mol. The van der Waals surface area contributed by atoms with Gasteiger partial charge < -0.3 is 4.74 Å². The summed E-state index contributed by atoms with van der Waals surface area (Å²) in [4.78, 5) is 12.2. The Morgan fingerprint density at radius 3 is 2.26 bits per heavy atom. The molecule has 6 heteroatoms. The van der Waals surface area contributed by atoms with E-state index in [1.54, 1.807) is 52.0 Å². The number of carbonyl (C=O) groups is 1. The van der Waals surface area contributed by atoms with Crippen molar-refractivity contribution in [1.29, 1.82) is 0 Å². The van der Waals surface area contributed by atoms with Crippen LogP contribution in [-0.2, 0) is 14.5 Å². The highest BCUT2D eigenvalue weighted by Gasteiger charge is 2.19. The van der Waals surface area contributed by atoms with Gasteiger partial charge in [0.05, 0.1) is 9.73 Å². The first kappa shape index (κ1) is 16.0. The Morgan fingerprint density at radius 1 is 1.32 bits per heavy atom. The molecule has 0 N–H and O–H groups in total. The van der Waals surface area contributed by atoms with Crippen molar-refractivity contribution in [2.24, 2.45) is 4.36 Å². The van der Waals surface area contributed by atoms with Gasteiger partial charge in [-0.2, -0.15) is 0 Å². The molecule has 1 rings (SSSR count). The monoisotopic (exact) mass is 303 g/mol. The maximum Gasteiger partial charge on any atom is 0.442 e. The summed E-state index contributed by atoms with van der Waals surface area (Å²) in [7, 11) is -2.80. The van der Waals surface area contributed by atoms with Crippen molar-refractivity contribution in [2.75, 3.05) is 5.75 Å². The number of hydrogen-bond donors (Lipinski definition) is 0. The Balaban J connectivity index is 3.14. The number of hydrogen-bond acceptors (Lipinski definition) is 3. The Labute approximate surface area is 119 Å². The fourth-order valence-electron chi connectivity index (χ4n) is 1.33. The summed E-state index contributed by atoms with van der Waals surface area (Å²) in [6.45, 7) is 6.91. The van der Waals surface area contributed by atoms with E-state index in [9.17, 15) is 9.00 Å². The minimum absolute atomic E-state index is 0.230. The predicted molar refractivity (Wildman–Crippen MR) is 77.1 cm³/mol. The minimum atomic E-state index is -2.80. The molecule has 0 fully saturated rings. The summed E-state index contributed by atoms with van der Waals surface area (Å²) in [6.07, 6.45) is -0.811. The van der Waals surface area contributed by atoms with Crippen molar-refractivity contribution < 1.29 is 13.7 Å². The summed E-state index contributed by atoms with van der Waals surface area (Å²) < 4.78 is 21.5. The molecular weight excluding hydrogens is 286 g/mol. The molecular formula is C13H18ClNO3S. The highest BCUT2D eigenvalue weighted by atomic mass is 35.5. The van der Waals surface area contributed by atoms with Crippen LogP contribution in [0.15, 0.2) is 33.5 Å². The third-order valence-electron chi connectivity index (χ3n) is 2.19. The quantitative estimate of drug-likeness (QED) is 0.825. The van der Waals surface area contributed by atoms with E-state index in [1.807, 2.05) is 0 Å². The summed E-state index contributed by atoms with van der Waals surface area (Å²) in [5, 5.41) is 0.541. The van der Waals surface area contributed by atoms with Crippen molar-refractivity contribution in [3.63, 3.8) is 0 Å². The van der Waals surface area contributed by atoms with Gasteiger partial charge in [-0.1, -0.05) is 18.5 Å². The molecule has 106 valence electrons. The van der Waals surface area contributed by atoms with Gasteiger partial charge in [0.25, 0.3) is 0 Å². The summed E-state index contributed by atoms with van der Waals surface area (Å²) in [5.74, 6) is 0.230. The molecule has 0 aliphatic rings. The van der Waals surface area contributed by atoms with Gasteiger partial charge in [-0.25, -0.2) is 9.00 Å². The molecule has 1 atom stereocenters. The van der Waals surface area contributed by atoms with Crippen LogP contribution in [0.4, 0.5) is 4.79 Å². The van der Waals surface area contributed by atoms with E-state index in [0.29, 0.717) is 9.92 Å². The fourth-order valence-corrected chi connectivity index (χ4v) is 2.87. The molecule has 19 heavy (non-hydrogen) atoms. The standard InChI is InChI=1S/C13H18ClNO3S/c1-5-19(17,11-8-6-10(14)7-9-11)15-12(16)18-13(2,3)4/h6-9H,5H2,1-4H3. The van der Waals surface area contributed by atoms with Crippen molar-refractivity contribution in [2.45, 2.75) is 38.2 Å². The smallest absolute Gasteiger partial charge is 0.442 e. The number of benzene rings is 1. The first-order chi connectivity index (χ1) is 8.66. The lowest BCUT2D eigenvalue weighted by Crippen LogP contribution is -2.23. The van der Waals surface area contributed by atoms with Crippen molar-refractivity contribution in [3.8, 4) is 0 Å². The lowest BCUT2D eigenvalue weighted by molar-refractivity contribution is 0.0607.